The van der Waals surface area contributed by atoms with Crippen molar-refractivity contribution in [2.24, 2.45) is 5.92 Å². The molecule has 5 rings (SSSR count). The van der Waals surface area contributed by atoms with Crippen LogP contribution in [0.2, 0.25) is 0 Å². The molecule has 1 N–H and O–H groups in total. The van der Waals surface area contributed by atoms with Crippen LogP contribution in [-0.4, -0.2) is 44.5 Å². The molecule has 4 aromatic rings. The summed E-state index contributed by atoms with van der Waals surface area (Å²) in [5.41, 5.74) is 1.94. The van der Waals surface area contributed by atoms with Crippen molar-refractivity contribution < 1.29 is 31.5 Å². The number of ether oxygens (including phenoxy) is 1. The number of aromatic nitrogens is 4. The number of rotatable bonds is 7. The van der Waals surface area contributed by atoms with E-state index in [1.54, 1.807) is 12.3 Å². The Morgan fingerprint density at radius 3 is 2.58 bits per heavy atom. The third kappa shape index (κ3) is 4.83. The van der Waals surface area contributed by atoms with Gasteiger partial charge in [-0.1, -0.05) is 12.1 Å². The van der Waals surface area contributed by atoms with E-state index < -0.39 is 24.3 Å². The van der Waals surface area contributed by atoms with Crippen LogP contribution in [0.5, 0.6) is 5.75 Å². The van der Waals surface area contributed by atoms with Gasteiger partial charge in [-0.25, -0.2) is 23.1 Å². The van der Waals surface area contributed by atoms with Gasteiger partial charge in [0, 0.05) is 37.3 Å². The van der Waals surface area contributed by atoms with Gasteiger partial charge in [-0.05, 0) is 29.7 Å². The summed E-state index contributed by atoms with van der Waals surface area (Å²) in [5.74, 6) is -4.10. The molecule has 3 aromatic heterocycles. The van der Waals surface area contributed by atoms with Gasteiger partial charge in [0.15, 0.2) is 5.82 Å². The maximum Gasteiger partial charge on any atom is 0.387 e. The van der Waals surface area contributed by atoms with Crippen LogP contribution in [0.25, 0.3) is 28.1 Å². The number of nitrogens with one attached hydrogen (secondary N) is 1. The number of hydrogen-bond acceptors (Lipinski definition) is 5. The highest BCUT2D eigenvalue weighted by Gasteiger charge is 2.45. The van der Waals surface area contributed by atoms with Crippen molar-refractivity contribution in [1.29, 1.82) is 0 Å². The highest BCUT2D eigenvalue weighted by molar-refractivity contribution is 6.00. The average Bonchev–Trinajstić information content (AvgIpc) is 3.20. The van der Waals surface area contributed by atoms with Crippen LogP contribution in [0.3, 0.4) is 0 Å². The first-order valence-electron chi connectivity index (χ1n) is 10.9. The summed E-state index contributed by atoms with van der Waals surface area (Å²) < 4.78 is 70.9. The van der Waals surface area contributed by atoms with Crippen molar-refractivity contribution >= 4 is 16.9 Å². The fraction of sp³-hybridized carbons (Fsp3) is 0.250. The van der Waals surface area contributed by atoms with Crippen molar-refractivity contribution in [2.75, 3.05) is 6.54 Å². The molecule has 0 aliphatic heterocycles. The molecule has 0 spiro atoms. The molecule has 0 radical (unpaired) electrons. The maximum absolute atomic E-state index is 13.4. The fourth-order valence-corrected chi connectivity index (χ4v) is 4.14. The van der Waals surface area contributed by atoms with Gasteiger partial charge in [-0.2, -0.15) is 8.78 Å². The lowest BCUT2D eigenvalue weighted by Gasteiger charge is -2.34. The molecule has 1 aliphatic carbocycles. The number of fused-ring (bicyclic) bond motifs is 1. The van der Waals surface area contributed by atoms with Gasteiger partial charge >= 0.3 is 6.61 Å². The Bertz CT molecular complexity index is 1420. The Kier molecular flexibility index (Phi) is 6.02. The standard InChI is InChI=1S/C24H18F5N5O2/c25-16-10-32-23(33-11-16)34-12-18(14-2-1-3-17(4-14)36-22(26)27)20-19(34)5-15(9-30-20)21(35)31-8-13-6-24(28,29)7-13/h1-5,9-13,22H,6-8H2,(H,31,35). The third-order valence-corrected chi connectivity index (χ3v) is 5.82. The van der Waals surface area contributed by atoms with E-state index in [0.29, 0.717) is 22.2 Å². The number of benzene rings is 1. The topological polar surface area (TPSA) is 81.9 Å². The van der Waals surface area contributed by atoms with Gasteiger partial charge in [-0.3, -0.25) is 14.3 Å². The Labute approximate surface area is 201 Å². The maximum atomic E-state index is 13.4. The molecule has 0 unspecified atom stereocenters. The lowest BCUT2D eigenvalue weighted by molar-refractivity contribution is -0.108. The van der Waals surface area contributed by atoms with E-state index in [9.17, 15) is 26.7 Å². The van der Waals surface area contributed by atoms with E-state index in [4.69, 9.17) is 0 Å². The molecule has 1 amide bonds. The quantitative estimate of drug-likeness (QED) is 0.359. The van der Waals surface area contributed by atoms with Gasteiger partial charge in [-0.15, -0.1) is 0 Å². The Morgan fingerprint density at radius 2 is 1.89 bits per heavy atom. The zero-order valence-electron chi connectivity index (χ0n) is 18.5. The predicted molar refractivity (Wildman–Crippen MR) is 119 cm³/mol. The SMILES string of the molecule is O=C(NCC1CC(F)(F)C1)c1cnc2c(-c3cccc(OC(F)F)c3)cn(-c3ncc(F)cn3)c2c1. The minimum atomic E-state index is -3.00. The molecule has 3 heterocycles. The number of carbonyl (C=O) groups excluding carboxylic acids is 1. The molecule has 1 aliphatic rings. The van der Waals surface area contributed by atoms with Gasteiger partial charge in [0.2, 0.25) is 11.9 Å². The van der Waals surface area contributed by atoms with Crippen LogP contribution < -0.4 is 10.1 Å². The molecule has 1 saturated carbocycles. The number of hydrogen-bond donors (Lipinski definition) is 1. The van der Waals surface area contributed by atoms with E-state index in [0.717, 1.165) is 12.4 Å². The summed E-state index contributed by atoms with van der Waals surface area (Å²) in [6.45, 7) is -2.89. The predicted octanol–water partition coefficient (Wildman–Crippen LogP) is 5.00. The monoisotopic (exact) mass is 503 g/mol. The largest absolute Gasteiger partial charge is 0.435 e. The molecule has 186 valence electrons. The summed E-state index contributed by atoms with van der Waals surface area (Å²) in [5, 5.41) is 2.64. The van der Waals surface area contributed by atoms with Crippen molar-refractivity contribution in [3.63, 3.8) is 0 Å². The summed E-state index contributed by atoms with van der Waals surface area (Å²) in [7, 11) is 0. The zero-order valence-corrected chi connectivity index (χ0v) is 18.5. The average molecular weight is 503 g/mol. The second kappa shape index (κ2) is 9.17. The van der Waals surface area contributed by atoms with Crippen molar-refractivity contribution in [3.05, 3.63) is 66.5 Å². The summed E-state index contributed by atoms with van der Waals surface area (Å²) in [4.78, 5) is 25.1. The first kappa shape index (κ1) is 23.6. The second-order valence-corrected chi connectivity index (χ2v) is 8.45. The Balaban J connectivity index is 1.52. The van der Waals surface area contributed by atoms with Gasteiger partial charge in [0.1, 0.15) is 5.75 Å². The molecular weight excluding hydrogens is 485 g/mol. The van der Waals surface area contributed by atoms with Crippen molar-refractivity contribution in [1.82, 2.24) is 24.8 Å². The van der Waals surface area contributed by atoms with Crippen molar-refractivity contribution in [2.45, 2.75) is 25.4 Å². The molecule has 0 atom stereocenters. The Hall–Kier alpha value is -4.09. The van der Waals surface area contributed by atoms with E-state index >= 15 is 0 Å². The van der Waals surface area contributed by atoms with Crippen LogP contribution >= 0.6 is 0 Å². The number of halogens is 5. The smallest absolute Gasteiger partial charge is 0.387 e. The number of alkyl halides is 4. The minimum absolute atomic E-state index is 0.0565. The molecule has 0 saturated heterocycles. The van der Waals surface area contributed by atoms with Crippen molar-refractivity contribution in [3.8, 4) is 22.8 Å². The molecule has 36 heavy (non-hydrogen) atoms. The van der Waals surface area contributed by atoms with Gasteiger partial charge < -0.3 is 10.1 Å². The minimum Gasteiger partial charge on any atom is -0.435 e. The van der Waals surface area contributed by atoms with Crippen LogP contribution in [0.15, 0.2) is 55.1 Å². The molecule has 7 nitrogen and oxygen atoms in total. The number of nitrogens with zero attached hydrogens (tertiary/aromatic N) is 4. The van der Waals surface area contributed by atoms with Gasteiger partial charge in [0.05, 0.1) is 29.0 Å². The number of pyridine rings is 1. The van der Waals surface area contributed by atoms with E-state index in [-0.39, 0.29) is 42.6 Å². The van der Waals surface area contributed by atoms with Gasteiger partial charge in [0.25, 0.3) is 5.91 Å². The summed E-state index contributed by atoms with van der Waals surface area (Å²) >= 11 is 0. The summed E-state index contributed by atoms with van der Waals surface area (Å²) in [6.07, 6.45) is 4.32. The normalized spacial score (nSPS) is 15.2. The van der Waals surface area contributed by atoms with E-state index in [1.165, 1.54) is 35.0 Å². The fourth-order valence-electron chi connectivity index (χ4n) is 4.14. The molecular formula is C24H18F5N5O2. The van der Waals surface area contributed by atoms with E-state index in [2.05, 4.69) is 25.0 Å². The van der Waals surface area contributed by atoms with Crippen LogP contribution in [0.4, 0.5) is 22.0 Å². The number of carbonyl (C=O) groups is 1. The van der Waals surface area contributed by atoms with Crippen LogP contribution in [-0.2, 0) is 0 Å². The number of amides is 1. The highest BCUT2D eigenvalue weighted by atomic mass is 19.3. The lowest BCUT2D eigenvalue weighted by Crippen LogP contribution is -2.42. The molecule has 12 heteroatoms. The van der Waals surface area contributed by atoms with Crippen LogP contribution in [0, 0.1) is 11.7 Å². The summed E-state index contributed by atoms with van der Waals surface area (Å²) in [6, 6.07) is 7.51. The van der Waals surface area contributed by atoms with E-state index in [1.807, 2.05) is 0 Å². The first-order valence-corrected chi connectivity index (χ1v) is 10.9. The third-order valence-electron chi connectivity index (χ3n) is 5.82. The zero-order chi connectivity index (χ0) is 25.4. The lowest BCUT2D eigenvalue weighted by atomic mass is 9.81. The molecule has 0 bridgehead atoms. The second-order valence-electron chi connectivity index (χ2n) is 8.45. The Morgan fingerprint density at radius 1 is 1.14 bits per heavy atom. The first-order chi connectivity index (χ1) is 17.2. The molecule has 1 aromatic carbocycles. The highest BCUT2D eigenvalue weighted by Crippen LogP contribution is 2.42. The molecule has 1 fully saturated rings. The van der Waals surface area contributed by atoms with Crippen LogP contribution in [0.1, 0.15) is 23.2 Å².